The van der Waals surface area contributed by atoms with Gasteiger partial charge in [-0.3, -0.25) is 4.98 Å². The first-order chi connectivity index (χ1) is 9.44. The number of nitrogens with zero attached hydrogens (tertiary/aromatic N) is 3. The molecule has 2 aromatic heterocycles. The second-order valence-corrected chi connectivity index (χ2v) is 11.6. The van der Waals surface area contributed by atoms with Gasteiger partial charge in [0.05, 0.1) is 18.1 Å². The van der Waals surface area contributed by atoms with Crippen LogP contribution in [0.1, 0.15) is 0 Å². The van der Waals surface area contributed by atoms with Gasteiger partial charge in [0.2, 0.25) is 0 Å². The van der Waals surface area contributed by atoms with E-state index in [0.717, 1.165) is 23.9 Å². The van der Waals surface area contributed by atoms with Gasteiger partial charge in [-0.2, -0.15) is 5.10 Å². The highest BCUT2D eigenvalue weighted by molar-refractivity contribution is 6.76. The molecule has 0 spiro atoms. The molecule has 0 aliphatic rings. The molecule has 2 rings (SSSR count). The van der Waals surface area contributed by atoms with Crippen molar-refractivity contribution in [1.29, 1.82) is 0 Å². The first-order valence-corrected chi connectivity index (χ1v) is 10.4. The molecular formula is C14H21N3O2Si. The molecule has 6 heteroatoms. The number of hydrogen-bond acceptors (Lipinski definition) is 4. The zero-order valence-corrected chi connectivity index (χ0v) is 13.2. The Bertz CT molecular complexity index is 546. The van der Waals surface area contributed by atoms with Crippen molar-refractivity contribution in [2.45, 2.75) is 32.4 Å². The van der Waals surface area contributed by atoms with Crippen LogP contribution in [0.4, 0.5) is 0 Å². The van der Waals surface area contributed by atoms with Crippen LogP contribution in [0.15, 0.2) is 30.7 Å². The molecule has 0 atom stereocenters. The second-order valence-electron chi connectivity index (χ2n) is 6.02. The molecule has 2 aromatic rings. The van der Waals surface area contributed by atoms with Crippen LogP contribution in [0, 0.1) is 0 Å². The van der Waals surface area contributed by atoms with E-state index in [0.29, 0.717) is 6.73 Å². The molecule has 108 valence electrons. The highest BCUT2D eigenvalue weighted by Gasteiger charge is 2.12. The maximum absolute atomic E-state index is 9.22. The average Bonchev–Trinajstić information content (AvgIpc) is 2.83. The lowest BCUT2D eigenvalue weighted by Crippen LogP contribution is -2.22. The van der Waals surface area contributed by atoms with Crippen LogP contribution >= 0.6 is 0 Å². The predicted molar refractivity (Wildman–Crippen MR) is 81.2 cm³/mol. The Labute approximate surface area is 120 Å². The van der Waals surface area contributed by atoms with Crippen molar-refractivity contribution in [2.75, 3.05) is 6.61 Å². The third-order valence-corrected chi connectivity index (χ3v) is 4.60. The Morgan fingerprint density at radius 1 is 1.25 bits per heavy atom. The summed E-state index contributed by atoms with van der Waals surface area (Å²) in [5.74, 6) is 0.163. The van der Waals surface area contributed by atoms with E-state index in [9.17, 15) is 5.11 Å². The van der Waals surface area contributed by atoms with E-state index in [2.05, 4.69) is 29.7 Å². The van der Waals surface area contributed by atoms with Crippen molar-refractivity contribution in [3.8, 4) is 17.0 Å². The summed E-state index contributed by atoms with van der Waals surface area (Å²) in [5, 5.41) is 13.5. The summed E-state index contributed by atoms with van der Waals surface area (Å²) in [4.78, 5) is 4.15. The molecule has 2 heterocycles. The molecule has 0 aromatic carbocycles. The summed E-state index contributed by atoms with van der Waals surface area (Å²) in [6, 6.07) is 4.54. The summed E-state index contributed by atoms with van der Waals surface area (Å²) in [6.07, 6.45) is 5.08. The SMILES string of the molecule is C[Si](C)(C)CCOCn1cc(-c2ccc(O)cn2)cn1. The minimum Gasteiger partial charge on any atom is -0.506 e. The Kier molecular flexibility index (Phi) is 4.56. The van der Waals surface area contributed by atoms with Gasteiger partial charge in [-0.05, 0) is 18.2 Å². The molecule has 0 aliphatic heterocycles. The minimum absolute atomic E-state index is 0.163. The third kappa shape index (κ3) is 4.46. The van der Waals surface area contributed by atoms with Gasteiger partial charge < -0.3 is 9.84 Å². The van der Waals surface area contributed by atoms with Crippen molar-refractivity contribution in [2.24, 2.45) is 0 Å². The first-order valence-electron chi connectivity index (χ1n) is 6.70. The third-order valence-electron chi connectivity index (χ3n) is 2.90. The highest BCUT2D eigenvalue weighted by atomic mass is 28.3. The topological polar surface area (TPSA) is 60.2 Å². The van der Waals surface area contributed by atoms with E-state index in [1.54, 1.807) is 23.0 Å². The number of ether oxygens (including phenoxy) is 1. The van der Waals surface area contributed by atoms with Gasteiger partial charge in [-0.25, -0.2) is 4.68 Å². The van der Waals surface area contributed by atoms with Crippen molar-refractivity contribution >= 4 is 8.07 Å². The Morgan fingerprint density at radius 3 is 2.70 bits per heavy atom. The molecule has 0 amide bonds. The van der Waals surface area contributed by atoms with E-state index in [1.165, 1.54) is 6.20 Å². The molecule has 0 bridgehead atoms. The second kappa shape index (κ2) is 6.19. The highest BCUT2D eigenvalue weighted by Crippen LogP contribution is 2.18. The Morgan fingerprint density at radius 2 is 2.05 bits per heavy atom. The molecule has 0 aliphatic carbocycles. The molecule has 5 nitrogen and oxygen atoms in total. The van der Waals surface area contributed by atoms with Gasteiger partial charge in [0.25, 0.3) is 0 Å². The number of aromatic nitrogens is 3. The molecular weight excluding hydrogens is 270 g/mol. The van der Waals surface area contributed by atoms with E-state index in [4.69, 9.17) is 4.74 Å². The van der Waals surface area contributed by atoms with E-state index < -0.39 is 8.07 Å². The van der Waals surface area contributed by atoms with Gasteiger partial charge in [0, 0.05) is 26.4 Å². The van der Waals surface area contributed by atoms with Crippen molar-refractivity contribution < 1.29 is 9.84 Å². The summed E-state index contributed by atoms with van der Waals surface area (Å²) >= 11 is 0. The molecule has 0 saturated heterocycles. The lowest BCUT2D eigenvalue weighted by Gasteiger charge is -2.15. The predicted octanol–water partition coefficient (Wildman–Crippen LogP) is 2.96. The molecule has 1 N–H and O–H groups in total. The smallest absolute Gasteiger partial charge is 0.139 e. The molecule has 0 saturated carbocycles. The van der Waals surface area contributed by atoms with Crippen molar-refractivity contribution in [1.82, 2.24) is 14.8 Å². The number of rotatable bonds is 6. The summed E-state index contributed by atoms with van der Waals surface area (Å²) < 4.78 is 7.40. The fraction of sp³-hybridized carbons (Fsp3) is 0.429. The maximum atomic E-state index is 9.22. The van der Waals surface area contributed by atoms with Gasteiger partial charge in [0.1, 0.15) is 12.5 Å². The number of aromatic hydroxyl groups is 1. The number of pyridine rings is 1. The van der Waals surface area contributed by atoms with Crippen LogP contribution in [0.5, 0.6) is 5.75 Å². The molecule has 0 fully saturated rings. The Balaban J connectivity index is 1.88. The summed E-state index contributed by atoms with van der Waals surface area (Å²) in [5.41, 5.74) is 1.70. The fourth-order valence-corrected chi connectivity index (χ4v) is 2.42. The first kappa shape index (κ1) is 14.7. The van der Waals surface area contributed by atoms with Gasteiger partial charge in [-0.15, -0.1) is 0 Å². The van der Waals surface area contributed by atoms with Crippen molar-refractivity contribution in [3.63, 3.8) is 0 Å². The summed E-state index contributed by atoms with van der Waals surface area (Å²) in [6.45, 7) is 8.24. The molecule has 0 radical (unpaired) electrons. The molecule has 20 heavy (non-hydrogen) atoms. The monoisotopic (exact) mass is 291 g/mol. The summed E-state index contributed by atoms with van der Waals surface area (Å²) in [7, 11) is -1.04. The van der Waals surface area contributed by atoms with Crippen LogP contribution in [-0.4, -0.2) is 34.6 Å². The van der Waals surface area contributed by atoms with Gasteiger partial charge in [-0.1, -0.05) is 19.6 Å². The van der Waals surface area contributed by atoms with E-state index >= 15 is 0 Å². The number of hydrogen-bond donors (Lipinski definition) is 1. The zero-order valence-electron chi connectivity index (χ0n) is 12.2. The van der Waals surface area contributed by atoms with Crippen LogP contribution in [-0.2, 0) is 11.5 Å². The Hall–Kier alpha value is -1.66. The minimum atomic E-state index is -1.04. The normalized spacial score (nSPS) is 11.8. The lowest BCUT2D eigenvalue weighted by molar-refractivity contribution is 0.0786. The van der Waals surface area contributed by atoms with Gasteiger partial charge in [0.15, 0.2) is 0 Å². The lowest BCUT2D eigenvalue weighted by atomic mass is 10.2. The largest absolute Gasteiger partial charge is 0.506 e. The van der Waals surface area contributed by atoms with Crippen LogP contribution in [0.25, 0.3) is 11.3 Å². The van der Waals surface area contributed by atoms with Gasteiger partial charge >= 0.3 is 0 Å². The average molecular weight is 291 g/mol. The fourth-order valence-electron chi connectivity index (χ4n) is 1.66. The van der Waals surface area contributed by atoms with E-state index in [1.807, 2.05) is 6.20 Å². The van der Waals surface area contributed by atoms with E-state index in [-0.39, 0.29) is 5.75 Å². The standard InChI is InChI=1S/C14H21N3O2Si/c1-20(2,3)7-6-19-11-17-10-12(8-16-17)14-5-4-13(18)9-15-14/h4-5,8-10,18H,6-7,11H2,1-3H3. The van der Waals surface area contributed by atoms with Crippen LogP contribution < -0.4 is 0 Å². The quantitative estimate of drug-likeness (QED) is 0.656. The van der Waals surface area contributed by atoms with Crippen molar-refractivity contribution in [3.05, 3.63) is 30.7 Å². The maximum Gasteiger partial charge on any atom is 0.139 e. The van der Waals surface area contributed by atoms with Crippen LogP contribution in [0.3, 0.4) is 0 Å². The van der Waals surface area contributed by atoms with Crippen LogP contribution in [0.2, 0.25) is 25.7 Å². The molecule has 0 unspecified atom stereocenters. The zero-order chi connectivity index (χ0) is 14.6.